The van der Waals surface area contributed by atoms with E-state index < -0.39 is 12.1 Å². The molecule has 0 aliphatic carbocycles. The molecule has 0 aliphatic heterocycles. The average Bonchev–Trinajstić information content (AvgIpc) is 2.40. The van der Waals surface area contributed by atoms with E-state index in [1.165, 1.54) is 5.56 Å². The molecule has 0 saturated heterocycles. The molecule has 2 unspecified atom stereocenters. The second kappa shape index (κ2) is 7.79. The van der Waals surface area contributed by atoms with E-state index in [1.807, 2.05) is 38.2 Å². The largest absolute Gasteiger partial charge is 0.479 e. The molecule has 0 radical (unpaired) electrons. The van der Waals surface area contributed by atoms with Crippen LogP contribution in [-0.4, -0.2) is 30.3 Å². The summed E-state index contributed by atoms with van der Waals surface area (Å²) in [5.74, 6) is -0.295. The Hall–Kier alpha value is -1.55. The molecule has 0 aromatic heterocycles. The second-order valence-corrected chi connectivity index (χ2v) is 4.77. The monoisotopic (exact) mass is 265 g/mol. The number of carbonyl (C=O) groups is 1. The standard InChI is InChI=1S/C15H23NO3/c1-4-5-14(15(17)18)19-13-8-6-12(7-9-13)10-11(2)16-3/h6-9,11,14,16H,4-5,10H2,1-3H3,(H,17,18). The van der Waals surface area contributed by atoms with Crippen molar-refractivity contribution in [3.05, 3.63) is 29.8 Å². The van der Waals surface area contributed by atoms with Gasteiger partial charge in [-0.2, -0.15) is 0 Å². The first-order chi connectivity index (χ1) is 9.06. The second-order valence-electron chi connectivity index (χ2n) is 4.77. The summed E-state index contributed by atoms with van der Waals surface area (Å²) in [4.78, 5) is 11.0. The Labute approximate surface area is 114 Å². The number of rotatable bonds is 8. The van der Waals surface area contributed by atoms with Crippen LogP contribution in [-0.2, 0) is 11.2 Å². The number of carboxylic acid groups (broad SMARTS) is 1. The predicted molar refractivity (Wildman–Crippen MR) is 75.6 cm³/mol. The Morgan fingerprint density at radius 2 is 2.00 bits per heavy atom. The highest BCUT2D eigenvalue weighted by Gasteiger charge is 2.17. The number of likely N-dealkylation sites (N-methyl/N-ethyl adjacent to an activating group) is 1. The quantitative estimate of drug-likeness (QED) is 0.758. The minimum atomic E-state index is -0.908. The highest BCUT2D eigenvalue weighted by atomic mass is 16.5. The Balaban J connectivity index is 2.62. The van der Waals surface area contributed by atoms with E-state index in [4.69, 9.17) is 9.84 Å². The first-order valence-corrected chi connectivity index (χ1v) is 6.72. The first-order valence-electron chi connectivity index (χ1n) is 6.72. The molecule has 0 heterocycles. The molecule has 2 atom stereocenters. The zero-order chi connectivity index (χ0) is 14.3. The molecule has 0 fully saturated rings. The van der Waals surface area contributed by atoms with Crippen LogP contribution >= 0.6 is 0 Å². The smallest absolute Gasteiger partial charge is 0.344 e. The molecule has 4 nitrogen and oxygen atoms in total. The maximum Gasteiger partial charge on any atom is 0.344 e. The Morgan fingerprint density at radius 1 is 1.37 bits per heavy atom. The van der Waals surface area contributed by atoms with E-state index in [9.17, 15) is 4.79 Å². The van der Waals surface area contributed by atoms with Crippen molar-refractivity contribution >= 4 is 5.97 Å². The van der Waals surface area contributed by atoms with Gasteiger partial charge in [0.2, 0.25) is 0 Å². The molecule has 0 saturated carbocycles. The fraction of sp³-hybridized carbons (Fsp3) is 0.533. The maximum absolute atomic E-state index is 11.0. The third-order valence-electron chi connectivity index (χ3n) is 3.06. The van der Waals surface area contributed by atoms with Crippen LogP contribution in [0.25, 0.3) is 0 Å². The maximum atomic E-state index is 11.0. The van der Waals surface area contributed by atoms with E-state index in [-0.39, 0.29) is 0 Å². The van der Waals surface area contributed by atoms with Crippen molar-refractivity contribution in [2.45, 2.75) is 45.3 Å². The highest BCUT2D eigenvalue weighted by Crippen LogP contribution is 2.16. The van der Waals surface area contributed by atoms with Crippen LogP contribution in [0.4, 0.5) is 0 Å². The van der Waals surface area contributed by atoms with Crippen LogP contribution in [0.15, 0.2) is 24.3 Å². The minimum absolute atomic E-state index is 0.415. The normalized spacial score (nSPS) is 13.8. The van der Waals surface area contributed by atoms with E-state index in [2.05, 4.69) is 12.2 Å². The Bertz CT molecular complexity index is 389. The lowest BCUT2D eigenvalue weighted by atomic mass is 10.1. The van der Waals surface area contributed by atoms with Gasteiger partial charge in [-0.15, -0.1) is 0 Å². The SMILES string of the molecule is CCCC(Oc1ccc(CC(C)NC)cc1)C(=O)O. The number of hydrogen-bond acceptors (Lipinski definition) is 3. The lowest BCUT2D eigenvalue weighted by molar-refractivity contribution is -0.145. The summed E-state index contributed by atoms with van der Waals surface area (Å²) in [6.07, 6.45) is 1.49. The first kappa shape index (κ1) is 15.5. The fourth-order valence-electron chi connectivity index (χ4n) is 1.82. The van der Waals surface area contributed by atoms with Gasteiger partial charge in [-0.3, -0.25) is 0 Å². The number of aliphatic carboxylic acids is 1. The average molecular weight is 265 g/mol. The van der Waals surface area contributed by atoms with E-state index in [1.54, 1.807) is 0 Å². The summed E-state index contributed by atoms with van der Waals surface area (Å²) < 4.78 is 5.49. The third-order valence-corrected chi connectivity index (χ3v) is 3.06. The van der Waals surface area contributed by atoms with Gasteiger partial charge in [0.15, 0.2) is 6.10 Å². The molecular weight excluding hydrogens is 242 g/mol. The molecule has 0 amide bonds. The van der Waals surface area contributed by atoms with Crippen molar-refractivity contribution in [1.82, 2.24) is 5.32 Å². The van der Waals surface area contributed by atoms with Gasteiger partial charge >= 0.3 is 5.97 Å². The molecule has 0 spiro atoms. The Morgan fingerprint density at radius 3 is 2.47 bits per heavy atom. The van der Waals surface area contributed by atoms with Crippen LogP contribution < -0.4 is 10.1 Å². The molecule has 4 heteroatoms. The lowest BCUT2D eigenvalue weighted by Gasteiger charge is -2.15. The topological polar surface area (TPSA) is 58.6 Å². The van der Waals surface area contributed by atoms with Crippen molar-refractivity contribution in [2.24, 2.45) is 0 Å². The summed E-state index contributed by atoms with van der Waals surface area (Å²) in [6.45, 7) is 4.06. The van der Waals surface area contributed by atoms with Gasteiger partial charge < -0.3 is 15.2 Å². The van der Waals surface area contributed by atoms with E-state index in [0.717, 1.165) is 12.8 Å². The van der Waals surface area contributed by atoms with Gasteiger partial charge in [0.05, 0.1) is 0 Å². The molecular formula is C15H23NO3. The Kier molecular flexibility index (Phi) is 6.36. The lowest BCUT2D eigenvalue weighted by Crippen LogP contribution is -2.26. The van der Waals surface area contributed by atoms with Gasteiger partial charge in [0, 0.05) is 6.04 Å². The van der Waals surface area contributed by atoms with Crippen molar-refractivity contribution in [3.8, 4) is 5.75 Å². The van der Waals surface area contributed by atoms with Crippen LogP contribution in [0.3, 0.4) is 0 Å². The van der Waals surface area contributed by atoms with Gasteiger partial charge in [-0.05, 0) is 44.5 Å². The molecule has 1 aromatic carbocycles. The molecule has 1 rings (SSSR count). The predicted octanol–water partition coefficient (Wildman–Crippen LogP) is 2.47. The van der Waals surface area contributed by atoms with Gasteiger partial charge in [-0.1, -0.05) is 25.5 Å². The summed E-state index contributed by atoms with van der Waals surface area (Å²) in [5, 5.41) is 12.2. The number of nitrogens with one attached hydrogen (secondary N) is 1. The third kappa shape index (κ3) is 5.30. The minimum Gasteiger partial charge on any atom is -0.479 e. The molecule has 0 aliphatic rings. The van der Waals surface area contributed by atoms with Crippen LogP contribution in [0.1, 0.15) is 32.3 Å². The number of hydrogen-bond donors (Lipinski definition) is 2. The molecule has 106 valence electrons. The molecule has 0 bridgehead atoms. The summed E-state index contributed by atoms with van der Waals surface area (Å²) in [6, 6.07) is 8.05. The van der Waals surface area contributed by atoms with Gasteiger partial charge in [-0.25, -0.2) is 4.79 Å². The number of benzene rings is 1. The van der Waals surface area contributed by atoms with E-state index >= 15 is 0 Å². The van der Waals surface area contributed by atoms with Crippen LogP contribution in [0.2, 0.25) is 0 Å². The number of ether oxygens (including phenoxy) is 1. The van der Waals surface area contributed by atoms with Crippen molar-refractivity contribution in [1.29, 1.82) is 0 Å². The summed E-state index contributed by atoms with van der Waals surface area (Å²) in [7, 11) is 1.93. The fourth-order valence-corrected chi connectivity index (χ4v) is 1.82. The summed E-state index contributed by atoms with van der Waals surface area (Å²) >= 11 is 0. The molecule has 1 aromatic rings. The van der Waals surface area contributed by atoms with E-state index in [0.29, 0.717) is 18.2 Å². The van der Waals surface area contributed by atoms with Crippen molar-refractivity contribution < 1.29 is 14.6 Å². The highest BCUT2D eigenvalue weighted by molar-refractivity contribution is 5.72. The van der Waals surface area contributed by atoms with Gasteiger partial charge in [0.25, 0.3) is 0 Å². The van der Waals surface area contributed by atoms with Crippen LogP contribution in [0.5, 0.6) is 5.75 Å². The van der Waals surface area contributed by atoms with Crippen molar-refractivity contribution in [2.75, 3.05) is 7.05 Å². The summed E-state index contributed by atoms with van der Waals surface area (Å²) in [5.41, 5.74) is 1.21. The van der Waals surface area contributed by atoms with Gasteiger partial charge in [0.1, 0.15) is 5.75 Å². The molecule has 2 N–H and O–H groups in total. The molecule has 19 heavy (non-hydrogen) atoms. The number of carboxylic acids is 1. The van der Waals surface area contributed by atoms with Crippen LogP contribution in [0, 0.1) is 0 Å². The van der Waals surface area contributed by atoms with Crippen molar-refractivity contribution in [3.63, 3.8) is 0 Å². The zero-order valence-corrected chi connectivity index (χ0v) is 11.8. The zero-order valence-electron chi connectivity index (χ0n) is 11.8.